The quantitative estimate of drug-likeness (QED) is 0.0474. The van der Waals surface area contributed by atoms with Crippen LogP contribution in [0.3, 0.4) is 0 Å². The van der Waals surface area contributed by atoms with Gasteiger partial charge in [-0.3, -0.25) is 62.6 Å². The van der Waals surface area contributed by atoms with Crippen molar-refractivity contribution in [3.05, 3.63) is 70.5 Å². The topological polar surface area (TPSA) is 484 Å². The van der Waals surface area contributed by atoms with Gasteiger partial charge in [0.15, 0.2) is 6.23 Å². The van der Waals surface area contributed by atoms with Crippen molar-refractivity contribution >= 4 is 83.1 Å². The Morgan fingerprint density at radius 1 is 0.753 bits per heavy atom. The van der Waals surface area contributed by atoms with Crippen molar-refractivity contribution in [2.75, 3.05) is 13.2 Å². The van der Waals surface area contributed by atoms with Crippen molar-refractivity contribution in [1.29, 1.82) is 5.26 Å². The number of benzene rings is 1. The number of amides is 7. The number of phosphoric acid groups is 1. The van der Waals surface area contributed by atoms with E-state index in [-0.39, 0.29) is 94.0 Å². The summed E-state index contributed by atoms with van der Waals surface area (Å²) in [4.78, 5) is 131. The van der Waals surface area contributed by atoms with Crippen LogP contribution in [0.1, 0.15) is 150 Å². The van der Waals surface area contributed by atoms with Crippen LogP contribution in [0.15, 0.2) is 72.7 Å². The molecule has 14 unspecified atom stereocenters. The molecular formula is C63H88CoN14O14P-. The van der Waals surface area contributed by atoms with Crippen molar-refractivity contribution in [2.24, 2.45) is 99.7 Å². The smallest absolute Gasteiger partial charge is 0.472 e. The summed E-state index contributed by atoms with van der Waals surface area (Å²) in [6.45, 7) is 23.7. The van der Waals surface area contributed by atoms with Crippen LogP contribution in [0.4, 0.5) is 0 Å². The average molecular weight is 1360 g/mol. The van der Waals surface area contributed by atoms with E-state index in [1.165, 1.54) is 13.3 Å². The van der Waals surface area contributed by atoms with Crippen molar-refractivity contribution in [3.8, 4) is 0 Å². The Morgan fingerprint density at radius 3 is 1.88 bits per heavy atom. The van der Waals surface area contributed by atoms with Crippen LogP contribution in [-0.4, -0.2) is 132 Å². The van der Waals surface area contributed by atoms with Crippen LogP contribution in [0, 0.1) is 71.0 Å². The number of primary amides is 6. The summed E-state index contributed by atoms with van der Waals surface area (Å²) in [5.74, 6) is -7.52. The normalized spacial score (nSPS) is 32.4. The van der Waals surface area contributed by atoms with Gasteiger partial charge in [0.05, 0.1) is 47.2 Å². The predicted octanol–water partition coefficient (Wildman–Crippen LogP) is 3.74. The summed E-state index contributed by atoms with van der Waals surface area (Å²) in [7, 11) is -5.07. The van der Waals surface area contributed by atoms with Gasteiger partial charge < -0.3 is 76.0 Å². The molecule has 30 heteroatoms. The van der Waals surface area contributed by atoms with Gasteiger partial charge in [-0.15, -0.1) is 0 Å². The number of rotatable bonds is 26. The average Bonchev–Trinajstić information content (AvgIpc) is 1.53. The molecule has 1 radical (unpaired) electrons. The molecule has 0 saturated carbocycles. The molecular weight excluding hydrogens is 1270 g/mol. The molecule has 1 fully saturated rings. The molecule has 1 aromatic carbocycles. The van der Waals surface area contributed by atoms with Gasteiger partial charge in [-0.1, -0.05) is 34.6 Å². The number of fused-ring (bicyclic) bond motifs is 6. The zero-order valence-electron chi connectivity index (χ0n) is 54.4. The summed E-state index contributed by atoms with van der Waals surface area (Å²) < 4.78 is 32.2. The molecule has 7 amide bonds. The second-order valence-electron chi connectivity index (χ2n) is 26.8. The molecule has 28 nitrogen and oxygen atoms in total. The Hall–Kier alpha value is -7.13. The minimum atomic E-state index is -5.07. The first-order chi connectivity index (χ1) is 42.8. The number of nitrogens with one attached hydrogen (secondary N) is 1. The van der Waals surface area contributed by atoms with E-state index in [9.17, 15) is 53.2 Å². The van der Waals surface area contributed by atoms with E-state index in [1.807, 2.05) is 66.7 Å². The number of nitrogens with two attached hydrogens (primary N) is 6. The van der Waals surface area contributed by atoms with Gasteiger partial charge >= 0.3 is 7.82 Å². The standard InChI is InChI=1S/C62H88N13O14P.CN.Co/c1-29-20-39-40(21-30(29)2)75(28-70-39)57-52(84)53(41(27-76)87-57)89-90(85,86)88-31(3)26-69-49(83)18-19-59(8)37(22-46(66)80)56-62(11)61(10,25-48(68)82)36(14-17-45(65)79)51(74-62)33(5)55-60(9,24-47(67)81)34(12-15-43(63)77)38(71-55)23-42-58(6,7)35(13-16-44(64)78)50(72-42)32(4)54(59)73-56;1-2;/h20-21,23,28,31,34-37,41,52-53,57,76,84H,12-19,22,24-27H2,1-11H3,(H2,63,77)(H2,64,78)(H2,65,79)(H2,66,80)(H2,67,81)(H2,68,82)(H,69,83)(H,85,86);;/q;-1;/b42-23-,54-32-,55-33-;;. The Labute approximate surface area is 550 Å². The number of imidazole rings is 1. The van der Waals surface area contributed by atoms with Crippen LogP contribution in [0.25, 0.3) is 11.0 Å². The molecule has 6 aliphatic heterocycles. The molecule has 0 aliphatic carbocycles. The van der Waals surface area contributed by atoms with E-state index < -0.39 is 137 Å². The Kier molecular flexibility index (Phi) is 22.9. The van der Waals surface area contributed by atoms with Crippen LogP contribution in [-0.2, 0) is 68.7 Å². The Morgan fingerprint density at radius 2 is 1.31 bits per heavy atom. The molecule has 8 rings (SSSR count). The van der Waals surface area contributed by atoms with E-state index in [0.717, 1.165) is 11.1 Å². The molecule has 1 aromatic heterocycles. The minimum Gasteiger partial charge on any atom is -0.512 e. The van der Waals surface area contributed by atoms with Crippen molar-refractivity contribution in [3.63, 3.8) is 0 Å². The molecule has 1 saturated heterocycles. The fourth-order valence-electron chi connectivity index (χ4n) is 15.0. The molecule has 0 spiro atoms. The number of hydrogen-bond donors (Lipinski definition) is 10. The second kappa shape index (κ2) is 28.4. The SMILES string of the molecule is C/C1=C2N=C(/C=C3N=C(/C(C)=C4\N=C(C(CC(N)=O)C4(C)CCC(=O)NCC(C)OP(=O)(O)OC4C(CO)OC(n5cnc6cc(C)c(C)cc65)C4O)C4(C)N=C1C(CCC(N)=O)C4(C)CC(N)=O)C(CCC(N)=O)C\3(C)C)C(CCC(N)=O)C/2(C)CC(N)=O.[C-]#N.[Co]. The van der Waals surface area contributed by atoms with Crippen LogP contribution in [0.5, 0.6) is 0 Å². The van der Waals surface area contributed by atoms with Crippen molar-refractivity contribution in [1.82, 2.24) is 14.9 Å². The number of aliphatic hydroxyl groups is 2. The summed E-state index contributed by atoms with van der Waals surface area (Å²) in [6, 6.07) is 3.73. The van der Waals surface area contributed by atoms with Crippen molar-refractivity contribution < 1.29 is 83.8 Å². The van der Waals surface area contributed by atoms with E-state index in [1.54, 1.807) is 25.3 Å². The number of nitrogens with zero attached hydrogens (tertiary/aromatic N) is 7. The van der Waals surface area contributed by atoms with Gasteiger partial charge in [-0.05, 0) is 108 Å². The number of aliphatic imine (C=N–C) groups is 4. The second-order valence-corrected chi connectivity index (χ2v) is 28.2. The number of allylic oxidation sites excluding steroid dienone is 6. The third kappa shape index (κ3) is 14.6. The maximum Gasteiger partial charge on any atom is 0.472 e. The minimum absolute atomic E-state index is 0. The molecule has 509 valence electrons. The Bertz CT molecular complexity index is 3670. The summed E-state index contributed by atoms with van der Waals surface area (Å²) in [5, 5.41) is 30.8. The van der Waals surface area contributed by atoms with Gasteiger partial charge in [-0.25, -0.2) is 9.55 Å². The van der Waals surface area contributed by atoms with E-state index in [0.29, 0.717) is 62.1 Å². The first-order valence-electron chi connectivity index (χ1n) is 30.6. The summed E-state index contributed by atoms with van der Waals surface area (Å²) in [6.07, 6.45) is -4.63. The monoisotopic (exact) mass is 1350 g/mol. The number of phosphoric ester groups is 1. The number of carbonyl (C=O) groups excluding carboxylic acids is 7. The number of aryl methyl sites for hydroxylation is 2. The molecule has 2 aromatic rings. The first kappa shape index (κ1) is 74.9. The van der Waals surface area contributed by atoms with Gasteiger partial charge in [0.2, 0.25) is 41.4 Å². The van der Waals surface area contributed by atoms with Gasteiger partial charge in [0.25, 0.3) is 0 Å². The van der Waals surface area contributed by atoms with Crippen LogP contribution in [0.2, 0.25) is 0 Å². The van der Waals surface area contributed by atoms with Crippen molar-refractivity contribution in [2.45, 2.75) is 183 Å². The summed E-state index contributed by atoms with van der Waals surface area (Å²) in [5.41, 5.74) is 36.8. The maximum atomic E-state index is 14.4. The van der Waals surface area contributed by atoms with Crippen LogP contribution >= 0.6 is 7.82 Å². The van der Waals surface area contributed by atoms with Gasteiger partial charge in [0.1, 0.15) is 23.9 Å². The fraction of sp³-hybridized carbons (Fsp3) is 0.603. The number of carbonyl (C=O) groups is 7. The van der Waals surface area contributed by atoms with E-state index in [2.05, 4.69) is 10.3 Å². The third-order valence-corrected chi connectivity index (χ3v) is 21.3. The molecule has 7 heterocycles. The molecule has 93 heavy (non-hydrogen) atoms. The van der Waals surface area contributed by atoms with E-state index >= 15 is 0 Å². The molecule has 8 bridgehead atoms. The molecule has 14 atom stereocenters. The molecule has 16 N–H and O–H groups in total. The molecule has 6 aliphatic rings. The first-order valence-corrected chi connectivity index (χ1v) is 32.1. The third-order valence-electron chi connectivity index (χ3n) is 20.2. The largest absolute Gasteiger partial charge is 0.512 e. The zero-order valence-corrected chi connectivity index (χ0v) is 56.3. The summed E-state index contributed by atoms with van der Waals surface area (Å²) >= 11 is 0. The number of ether oxygens (including phenoxy) is 1. The van der Waals surface area contributed by atoms with Gasteiger partial charge in [0, 0.05) is 136 Å². The van der Waals surface area contributed by atoms with Crippen LogP contribution < -0.4 is 39.7 Å². The number of aromatic nitrogens is 2. The fourth-order valence-corrected chi connectivity index (χ4v) is 16.2. The number of hydrogen-bond acceptors (Lipinski definition) is 19. The Balaban J connectivity index is 0.00000453. The maximum absolute atomic E-state index is 14.4. The van der Waals surface area contributed by atoms with E-state index in [4.69, 9.17) is 80.0 Å². The zero-order chi connectivity index (χ0) is 68.7. The number of aliphatic hydroxyl groups excluding tert-OH is 2. The van der Waals surface area contributed by atoms with Gasteiger partial charge in [-0.2, -0.15) is 0 Å². The predicted molar refractivity (Wildman–Crippen MR) is 339 cm³/mol.